The molecule has 0 bridgehead atoms. The van der Waals surface area contributed by atoms with Crippen molar-refractivity contribution in [3.63, 3.8) is 0 Å². The van der Waals surface area contributed by atoms with Gasteiger partial charge in [-0.1, -0.05) is 0 Å². The molecule has 0 aliphatic heterocycles. The highest BCUT2D eigenvalue weighted by molar-refractivity contribution is 6.03. The van der Waals surface area contributed by atoms with Gasteiger partial charge in [0.1, 0.15) is 17.0 Å². The number of hydrogen-bond acceptors (Lipinski definition) is 4. The van der Waals surface area contributed by atoms with Gasteiger partial charge in [0.25, 0.3) is 0 Å². The number of benzene rings is 1. The van der Waals surface area contributed by atoms with Crippen LogP contribution in [0, 0.1) is 5.82 Å². The van der Waals surface area contributed by atoms with Crippen LogP contribution >= 0.6 is 0 Å². The summed E-state index contributed by atoms with van der Waals surface area (Å²) in [5.41, 5.74) is -1.61. The molecule has 1 aromatic rings. The highest BCUT2D eigenvalue weighted by Gasteiger charge is 2.26. The Balaban J connectivity index is 3.17. The molecule has 116 valence electrons. The summed E-state index contributed by atoms with van der Waals surface area (Å²) >= 11 is 0. The lowest BCUT2D eigenvalue weighted by Crippen LogP contribution is -2.28. The third-order valence-corrected chi connectivity index (χ3v) is 2.22. The molecule has 21 heavy (non-hydrogen) atoms. The second-order valence-corrected chi connectivity index (χ2v) is 6.69. The van der Waals surface area contributed by atoms with Gasteiger partial charge in [-0.05, 0) is 59.7 Å². The van der Waals surface area contributed by atoms with Crippen molar-refractivity contribution in [2.45, 2.75) is 52.7 Å². The van der Waals surface area contributed by atoms with Gasteiger partial charge in [0.15, 0.2) is 0 Å². The third-order valence-electron chi connectivity index (χ3n) is 2.22. The number of halogens is 1. The van der Waals surface area contributed by atoms with Gasteiger partial charge in [-0.25, -0.2) is 14.0 Å². The maximum atomic E-state index is 13.4. The van der Waals surface area contributed by atoms with E-state index in [0.29, 0.717) is 0 Å². The Morgan fingerprint density at radius 2 is 1.29 bits per heavy atom. The predicted molar refractivity (Wildman–Crippen MR) is 76.7 cm³/mol. The second-order valence-electron chi connectivity index (χ2n) is 6.69. The van der Waals surface area contributed by atoms with Gasteiger partial charge in [0.2, 0.25) is 0 Å². The van der Waals surface area contributed by atoms with Crippen molar-refractivity contribution >= 4 is 11.9 Å². The number of hydrogen-bond donors (Lipinski definition) is 0. The number of carbonyl (C=O) groups excluding carboxylic acids is 2. The average Bonchev–Trinajstić information content (AvgIpc) is 2.23. The quantitative estimate of drug-likeness (QED) is 0.780. The largest absolute Gasteiger partial charge is 0.456 e. The van der Waals surface area contributed by atoms with E-state index in [4.69, 9.17) is 9.47 Å². The van der Waals surface area contributed by atoms with Crippen LogP contribution in [-0.4, -0.2) is 23.1 Å². The minimum absolute atomic E-state index is 0.0134. The summed E-state index contributed by atoms with van der Waals surface area (Å²) in [5.74, 6) is -2.07. The smallest absolute Gasteiger partial charge is 0.339 e. The highest BCUT2D eigenvalue weighted by atomic mass is 19.1. The molecule has 0 fully saturated rings. The van der Waals surface area contributed by atoms with E-state index in [1.54, 1.807) is 41.5 Å². The van der Waals surface area contributed by atoms with E-state index >= 15 is 0 Å². The van der Waals surface area contributed by atoms with Crippen molar-refractivity contribution in [2.75, 3.05) is 0 Å². The van der Waals surface area contributed by atoms with Crippen molar-refractivity contribution in [1.82, 2.24) is 0 Å². The molecule has 0 saturated carbocycles. The standard InChI is InChI=1S/C16H21FO4/c1-15(2,3)20-13(18)11-8-7-10(17)9-12(11)14(19)21-16(4,5)6/h7-9H,1-6H3. The van der Waals surface area contributed by atoms with E-state index in [9.17, 15) is 14.0 Å². The maximum Gasteiger partial charge on any atom is 0.339 e. The molecule has 0 aliphatic rings. The normalized spacial score (nSPS) is 12.0. The lowest BCUT2D eigenvalue weighted by molar-refractivity contribution is 0.00182. The zero-order valence-electron chi connectivity index (χ0n) is 13.2. The summed E-state index contributed by atoms with van der Waals surface area (Å²) < 4.78 is 23.8. The lowest BCUT2D eigenvalue weighted by Gasteiger charge is -2.22. The molecule has 0 spiro atoms. The molecule has 0 atom stereocenters. The second kappa shape index (κ2) is 5.84. The zero-order chi connectivity index (χ0) is 16.4. The van der Waals surface area contributed by atoms with E-state index in [1.165, 1.54) is 6.07 Å². The molecular formula is C16H21FO4. The van der Waals surface area contributed by atoms with Gasteiger partial charge >= 0.3 is 11.9 Å². The molecule has 0 aliphatic carbocycles. The van der Waals surface area contributed by atoms with Gasteiger partial charge in [-0.2, -0.15) is 0 Å². The first kappa shape index (κ1) is 17.1. The molecule has 0 aromatic heterocycles. The fourth-order valence-electron chi connectivity index (χ4n) is 1.53. The van der Waals surface area contributed by atoms with E-state index < -0.39 is 29.0 Å². The Morgan fingerprint density at radius 3 is 1.71 bits per heavy atom. The van der Waals surface area contributed by atoms with Crippen molar-refractivity contribution < 1.29 is 23.5 Å². The van der Waals surface area contributed by atoms with Crippen molar-refractivity contribution in [1.29, 1.82) is 0 Å². The van der Waals surface area contributed by atoms with Crippen molar-refractivity contribution in [2.24, 2.45) is 0 Å². The van der Waals surface area contributed by atoms with Crippen molar-refractivity contribution in [3.8, 4) is 0 Å². The van der Waals surface area contributed by atoms with Crippen LogP contribution in [0.15, 0.2) is 18.2 Å². The number of rotatable bonds is 2. The van der Waals surface area contributed by atoms with Gasteiger partial charge in [-0.15, -0.1) is 0 Å². The van der Waals surface area contributed by atoms with Gasteiger partial charge < -0.3 is 9.47 Å². The van der Waals surface area contributed by atoms with Crippen LogP contribution in [0.4, 0.5) is 4.39 Å². The molecule has 0 radical (unpaired) electrons. The Morgan fingerprint density at radius 1 is 0.857 bits per heavy atom. The molecule has 5 heteroatoms. The topological polar surface area (TPSA) is 52.6 Å². The van der Waals surface area contributed by atoms with Crippen LogP contribution in [0.2, 0.25) is 0 Å². The number of ether oxygens (including phenoxy) is 2. The monoisotopic (exact) mass is 296 g/mol. The molecule has 0 heterocycles. The fraction of sp³-hybridized carbons (Fsp3) is 0.500. The van der Waals surface area contributed by atoms with Crippen LogP contribution in [0.1, 0.15) is 62.3 Å². The summed E-state index contributed by atoms with van der Waals surface area (Å²) in [6.07, 6.45) is 0. The Hall–Kier alpha value is -1.91. The molecule has 1 aromatic carbocycles. The summed E-state index contributed by atoms with van der Waals surface area (Å²) in [6.45, 7) is 10.2. The van der Waals surface area contributed by atoms with Gasteiger partial charge in [0, 0.05) is 0 Å². The first-order chi connectivity index (χ1) is 9.39. The molecule has 0 unspecified atom stereocenters. The highest BCUT2D eigenvalue weighted by Crippen LogP contribution is 2.20. The molecule has 0 amide bonds. The molecule has 1 rings (SSSR count). The fourth-order valence-corrected chi connectivity index (χ4v) is 1.53. The summed E-state index contributed by atoms with van der Waals surface area (Å²) in [4.78, 5) is 24.2. The summed E-state index contributed by atoms with van der Waals surface area (Å²) in [6, 6.07) is 3.31. The van der Waals surface area contributed by atoms with E-state index in [2.05, 4.69) is 0 Å². The maximum absolute atomic E-state index is 13.4. The van der Waals surface area contributed by atoms with E-state index in [1.807, 2.05) is 0 Å². The molecular weight excluding hydrogens is 275 g/mol. The first-order valence-electron chi connectivity index (χ1n) is 6.65. The van der Waals surface area contributed by atoms with E-state index in [-0.39, 0.29) is 11.1 Å². The van der Waals surface area contributed by atoms with Crippen LogP contribution < -0.4 is 0 Å². The first-order valence-corrected chi connectivity index (χ1v) is 6.65. The summed E-state index contributed by atoms with van der Waals surface area (Å²) in [7, 11) is 0. The minimum atomic E-state index is -0.761. The zero-order valence-corrected chi connectivity index (χ0v) is 13.2. The van der Waals surface area contributed by atoms with Gasteiger partial charge in [-0.3, -0.25) is 0 Å². The van der Waals surface area contributed by atoms with Crippen molar-refractivity contribution in [3.05, 3.63) is 35.1 Å². The van der Waals surface area contributed by atoms with Crippen LogP contribution in [-0.2, 0) is 9.47 Å². The molecule has 0 N–H and O–H groups in total. The lowest BCUT2D eigenvalue weighted by atomic mass is 10.1. The van der Waals surface area contributed by atoms with Crippen LogP contribution in [0.5, 0.6) is 0 Å². The van der Waals surface area contributed by atoms with Crippen LogP contribution in [0.3, 0.4) is 0 Å². The van der Waals surface area contributed by atoms with Gasteiger partial charge in [0.05, 0.1) is 11.1 Å². The van der Waals surface area contributed by atoms with Crippen LogP contribution in [0.25, 0.3) is 0 Å². The Kier molecular flexibility index (Phi) is 4.76. The summed E-state index contributed by atoms with van der Waals surface area (Å²) in [5, 5.41) is 0. The number of carbonyl (C=O) groups is 2. The molecule has 4 nitrogen and oxygen atoms in total. The Bertz CT molecular complexity index is 550. The Labute approximate surface area is 124 Å². The minimum Gasteiger partial charge on any atom is -0.456 e. The molecule has 0 saturated heterocycles. The predicted octanol–water partition coefficient (Wildman–Crippen LogP) is 3.74. The third kappa shape index (κ3) is 5.53. The number of esters is 2. The average molecular weight is 296 g/mol. The SMILES string of the molecule is CC(C)(C)OC(=O)c1ccc(F)cc1C(=O)OC(C)(C)C. The van der Waals surface area contributed by atoms with E-state index in [0.717, 1.165) is 12.1 Å².